The van der Waals surface area contributed by atoms with Crippen LogP contribution in [0.15, 0.2) is 36.7 Å². The van der Waals surface area contributed by atoms with Crippen molar-refractivity contribution >= 4 is 11.8 Å². The minimum absolute atomic E-state index is 0.0998. The number of ketones is 1. The Morgan fingerprint density at radius 1 is 1.17 bits per heavy atom. The molecule has 0 saturated heterocycles. The van der Waals surface area contributed by atoms with E-state index >= 15 is 0 Å². The van der Waals surface area contributed by atoms with Crippen LogP contribution in [0, 0.1) is 13.8 Å². The van der Waals surface area contributed by atoms with E-state index in [9.17, 15) is 9.59 Å². The zero-order valence-corrected chi connectivity index (χ0v) is 16.8. The molecular weight excluding hydrogens is 374 g/mol. The van der Waals surface area contributed by atoms with Gasteiger partial charge in [-0.05, 0) is 61.5 Å². The molecule has 2 aromatic heterocycles. The number of aromatic nitrogens is 5. The van der Waals surface area contributed by atoms with Crippen molar-refractivity contribution in [1.29, 1.82) is 0 Å². The number of aryl methyl sites for hydroxylation is 1. The van der Waals surface area contributed by atoms with E-state index in [0.29, 0.717) is 23.4 Å². The molecular formula is C20H23N5O4. The van der Waals surface area contributed by atoms with Gasteiger partial charge in [-0.2, -0.15) is 0 Å². The van der Waals surface area contributed by atoms with Gasteiger partial charge in [0.1, 0.15) is 6.33 Å². The number of methoxy groups -OCH3 is 1. The van der Waals surface area contributed by atoms with E-state index in [2.05, 4.69) is 20.1 Å². The minimum Gasteiger partial charge on any atom is -0.454 e. The summed E-state index contributed by atoms with van der Waals surface area (Å²) < 4.78 is 14.0. The fourth-order valence-electron chi connectivity index (χ4n) is 3.38. The van der Waals surface area contributed by atoms with Gasteiger partial charge in [0, 0.05) is 24.1 Å². The van der Waals surface area contributed by atoms with Crippen LogP contribution in [0.3, 0.4) is 0 Å². The van der Waals surface area contributed by atoms with Gasteiger partial charge in [0.25, 0.3) is 0 Å². The molecule has 0 amide bonds. The Bertz CT molecular complexity index is 993. The molecule has 0 bridgehead atoms. The molecule has 0 aliphatic carbocycles. The van der Waals surface area contributed by atoms with Crippen molar-refractivity contribution in [3.8, 4) is 5.69 Å². The first kappa shape index (κ1) is 20.4. The van der Waals surface area contributed by atoms with E-state index in [1.807, 2.05) is 26.8 Å². The molecule has 1 aromatic carbocycles. The second-order valence-corrected chi connectivity index (χ2v) is 6.76. The lowest BCUT2D eigenvalue weighted by Gasteiger charge is -2.17. The third kappa shape index (κ3) is 4.40. The lowest BCUT2D eigenvalue weighted by atomic mass is 10.1. The quantitative estimate of drug-likeness (QED) is 0.425. The van der Waals surface area contributed by atoms with Crippen molar-refractivity contribution in [1.82, 2.24) is 24.8 Å². The van der Waals surface area contributed by atoms with Gasteiger partial charge in [0.05, 0.1) is 23.9 Å². The molecule has 1 atom stereocenters. The Balaban J connectivity index is 1.65. The number of nitrogens with zero attached hydrogens (tertiary/aromatic N) is 5. The fourth-order valence-corrected chi connectivity index (χ4v) is 3.38. The number of hydrogen-bond acceptors (Lipinski definition) is 7. The van der Waals surface area contributed by atoms with Gasteiger partial charge in [-0.3, -0.25) is 4.79 Å². The van der Waals surface area contributed by atoms with Gasteiger partial charge >= 0.3 is 5.97 Å². The maximum atomic E-state index is 12.6. The van der Waals surface area contributed by atoms with E-state index in [1.165, 1.54) is 11.0 Å². The summed E-state index contributed by atoms with van der Waals surface area (Å²) in [7, 11) is 1.64. The average Bonchev–Trinajstić information content (AvgIpc) is 3.34. The number of carbonyl (C=O) groups excluding carboxylic acids is 2. The predicted octanol–water partition coefficient (Wildman–Crippen LogP) is 2.33. The van der Waals surface area contributed by atoms with E-state index < -0.39 is 5.97 Å². The Morgan fingerprint density at radius 2 is 1.90 bits per heavy atom. The third-order valence-corrected chi connectivity index (χ3v) is 4.68. The van der Waals surface area contributed by atoms with Crippen LogP contribution in [-0.2, 0) is 9.47 Å². The molecule has 152 valence electrons. The Labute approximate surface area is 168 Å². The molecule has 0 unspecified atom stereocenters. The van der Waals surface area contributed by atoms with Crippen LogP contribution in [-0.4, -0.2) is 56.9 Å². The van der Waals surface area contributed by atoms with Crippen molar-refractivity contribution in [2.75, 3.05) is 20.3 Å². The lowest BCUT2D eigenvalue weighted by Crippen LogP contribution is -2.17. The minimum atomic E-state index is -0.567. The SMILES string of the molecule is COC[C@H](C)n1c(C)cc(C(=O)COC(=O)c2ccc(-n3cnnn3)cc2)c1C. The number of benzene rings is 1. The zero-order valence-electron chi connectivity index (χ0n) is 16.8. The maximum Gasteiger partial charge on any atom is 0.338 e. The molecule has 0 saturated carbocycles. The Morgan fingerprint density at radius 3 is 2.52 bits per heavy atom. The molecule has 0 fully saturated rings. The average molecular weight is 397 g/mol. The highest BCUT2D eigenvalue weighted by atomic mass is 16.5. The van der Waals surface area contributed by atoms with Crippen LogP contribution in [0.1, 0.15) is 45.1 Å². The molecule has 0 aliphatic heterocycles. The van der Waals surface area contributed by atoms with Crippen molar-refractivity contribution in [2.24, 2.45) is 0 Å². The van der Waals surface area contributed by atoms with E-state index in [4.69, 9.17) is 9.47 Å². The van der Waals surface area contributed by atoms with Gasteiger partial charge < -0.3 is 14.0 Å². The maximum absolute atomic E-state index is 12.6. The topological polar surface area (TPSA) is 101 Å². The van der Waals surface area contributed by atoms with Gasteiger partial charge in [-0.1, -0.05) is 0 Å². The van der Waals surface area contributed by atoms with Gasteiger partial charge in [-0.25, -0.2) is 9.48 Å². The monoisotopic (exact) mass is 397 g/mol. The number of rotatable bonds is 8. The fraction of sp³-hybridized carbons (Fsp3) is 0.350. The molecule has 9 nitrogen and oxygen atoms in total. The summed E-state index contributed by atoms with van der Waals surface area (Å²) in [6.07, 6.45) is 1.45. The number of carbonyl (C=O) groups is 2. The number of ether oxygens (including phenoxy) is 2. The van der Waals surface area contributed by atoms with Crippen LogP contribution in [0.4, 0.5) is 0 Å². The highest BCUT2D eigenvalue weighted by molar-refractivity contribution is 6.00. The van der Waals surface area contributed by atoms with Crippen LogP contribution < -0.4 is 0 Å². The van der Waals surface area contributed by atoms with Gasteiger partial charge in [0.2, 0.25) is 5.78 Å². The van der Waals surface area contributed by atoms with Gasteiger partial charge in [0.15, 0.2) is 6.61 Å². The second kappa shape index (κ2) is 8.78. The van der Waals surface area contributed by atoms with Crippen molar-refractivity contribution < 1.29 is 19.1 Å². The standard InChI is InChI=1S/C20H23N5O4/c1-13-9-18(15(3)25(13)14(2)10-28-4)19(26)11-29-20(27)16-5-7-17(8-6-16)24-12-21-22-23-24/h5-9,12,14H,10-11H2,1-4H3/t14-/m0/s1. The number of esters is 1. The molecule has 0 spiro atoms. The second-order valence-electron chi connectivity index (χ2n) is 6.76. The summed E-state index contributed by atoms with van der Waals surface area (Å²) in [5, 5.41) is 10.9. The third-order valence-electron chi connectivity index (χ3n) is 4.68. The van der Waals surface area contributed by atoms with Crippen LogP contribution in [0.25, 0.3) is 5.69 Å². The molecule has 29 heavy (non-hydrogen) atoms. The molecule has 3 rings (SSSR count). The Kier molecular flexibility index (Phi) is 6.18. The Hall–Kier alpha value is -3.33. The highest BCUT2D eigenvalue weighted by Crippen LogP contribution is 2.21. The van der Waals surface area contributed by atoms with Crippen LogP contribution in [0.2, 0.25) is 0 Å². The number of hydrogen-bond donors (Lipinski definition) is 0. The summed E-state index contributed by atoms with van der Waals surface area (Å²) in [6.45, 7) is 6.06. The molecule has 0 N–H and O–H groups in total. The van der Waals surface area contributed by atoms with E-state index in [0.717, 1.165) is 11.4 Å². The molecule has 0 aliphatic rings. The summed E-state index contributed by atoms with van der Waals surface area (Å²) >= 11 is 0. The molecule has 9 heteroatoms. The highest BCUT2D eigenvalue weighted by Gasteiger charge is 2.20. The summed E-state index contributed by atoms with van der Waals surface area (Å²) in [4.78, 5) is 24.9. The lowest BCUT2D eigenvalue weighted by molar-refractivity contribution is 0.0474. The van der Waals surface area contributed by atoms with Crippen molar-refractivity contribution in [3.05, 3.63) is 59.2 Å². The number of Topliss-reactive ketones (excluding diaryl/α,β-unsaturated/α-hetero) is 1. The van der Waals surface area contributed by atoms with Crippen LogP contribution >= 0.6 is 0 Å². The first-order valence-corrected chi connectivity index (χ1v) is 9.13. The normalized spacial score (nSPS) is 12.0. The van der Waals surface area contributed by atoms with E-state index in [1.54, 1.807) is 31.4 Å². The molecule has 2 heterocycles. The molecule has 3 aromatic rings. The summed E-state index contributed by atoms with van der Waals surface area (Å²) in [5.74, 6) is -0.809. The van der Waals surface area contributed by atoms with Crippen molar-refractivity contribution in [3.63, 3.8) is 0 Å². The van der Waals surface area contributed by atoms with Crippen molar-refractivity contribution in [2.45, 2.75) is 26.8 Å². The predicted molar refractivity (Wildman–Crippen MR) is 104 cm³/mol. The summed E-state index contributed by atoms with van der Waals surface area (Å²) in [5.41, 5.74) is 3.39. The summed E-state index contributed by atoms with van der Waals surface area (Å²) in [6, 6.07) is 8.50. The zero-order chi connectivity index (χ0) is 21.0. The smallest absolute Gasteiger partial charge is 0.338 e. The van der Waals surface area contributed by atoms with Crippen LogP contribution in [0.5, 0.6) is 0 Å². The van der Waals surface area contributed by atoms with Gasteiger partial charge in [-0.15, -0.1) is 5.10 Å². The molecule has 0 radical (unpaired) electrons. The first-order valence-electron chi connectivity index (χ1n) is 9.13. The first-order chi connectivity index (χ1) is 13.9. The largest absolute Gasteiger partial charge is 0.454 e. The number of tetrazole rings is 1. The van der Waals surface area contributed by atoms with E-state index in [-0.39, 0.29) is 18.4 Å².